The summed E-state index contributed by atoms with van der Waals surface area (Å²) in [5.41, 5.74) is 5.77. The van der Waals surface area contributed by atoms with Crippen LogP contribution in [0.5, 0.6) is 0 Å². The van der Waals surface area contributed by atoms with Gasteiger partial charge in [0.1, 0.15) is 11.5 Å². The lowest BCUT2D eigenvalue weighted by Gasteiger charge is -2.29. The molecule has 0 radical (unpaired) electrons. The molecular weight excluding hydrogens is 386 g/mol. The van der Waals surface area contributed by atoms with Gasteiger partial charge in [-0.2, -0.15) is 0 Å². The number of nitrogens with zero attached hydrogens (tertiary/aromatic N) is 4. The van der Waals surface area contributed by atoms with E-state index in [4.69, 9.17) is 14.7 Å². The van der Waals surface area contributed by atoms with Crippen LogP contribution in [0.15, 0.2) is 48.7 Å². The lowest BCUT2D eigenvalue weighted by atomic mass is 10.0. The fourth-order valence-electron chi connectivity index (χ4n) is 3.84. The van der Waals surface area contributed by atoms with E-state index in [-0.39, 0.29) is 0 Å². The number of aryl methyl sites for hydroxylation is 1. The van der Waals surface area contributed by atoms with Crippen molar-refractivity contribution in [2.24, 2.45) is 0 Å². The first-order valence-corrected chi connectivity index (χ1v) is 11.1. The predicted octanol–water partition coefficient (Wildman–Crippen LogP) is 4.24. The van der Waals surface area contributed by atoms with E-state index in [0.717, 1.165) is 69.4 Å². The number of hydrogen-bond acceptors (Lipinski definition) is 6. The minimum absolute atomic E-state index is 0.693. The summed E-state index contributed by atoms with van der Waals surface area (Å²) in [7, 11) is 0. The second-order valence-electron chi connectivity index (χ2n) is 7.96. The monoisotopic (exact) mass is 417 g/mol. The highest BCUT2D eigenvalue weighted by Gasteiger charge is 2.23. The molecule has 31 heavy (non-hydrogen) atoms. The zero-order valence-electron chi connectivity index (χ0n) is 18.5. The Bertz CT molecular complexity index is 975. The number of nitrogens with one attached hydrogen (secondary N) is 1. The molecule has 162 valence electrons. The Morgan fingerprint density at radius 2 is 1.97 bits per heavy atom. The average molecular weight is 418 g/mol. The molecule has 1 aliphatic rings. The number of benzene rings is 1. The topological polar surface area (TPSA) is 63.2 Å². The van der Waals surface area contributed by atoms with Crippen LogP contribution >= 0.6 is 0 Å². The number of hydrogen-bond donors (Lipinski definition) is 1. The van der Waals surface area contributed by atoms with Crippen molar-refractivity contribution in [3.63, 3.8) is 0 Å². The van der Waals surface area contributed by atoms with Crippen LogP contribution in [0.25, 0.3) is 11.5 Å². The van der Waals surface area contributed by atoms with Gasteiger partial charge in [-0.15, -0.1) is 0 Å². The number of fused-ring (bicyclic) bond motifs is 1. The van der Waals surface area contributed by atoms with Gasteiger partial charge in [-0.05, 0) is 38.0 Å². The highest BCUT2D eigenvalue weighted by Crippen LogP contribution is 2.27. The van der Waals surface area contributed by atoms with Gasteiger partial charge in [0.05, 0.1) is 5.69 Å². The van der Waals surface area contributed by atoms with Crippen molar-refractivity contribution < 1.29 is 4.74 Å². The van der Waals surface area contributed by atoms with Crippen molar-refractivity contribution in [3.8, 4) is 11.5 Å². The Kier molecular flexibility index (Phi) is 7.22. The Morgan fingerprint density at radius 1 is 1.10 bits per heavy atom. The van der Waals surface area contributed by atoms with E-state index in [1.165, 1.54) is 16.7 Å². The highest BCUT2D eigenvalue weighted by atomic mass is 16.5. The summed E-state index contributed by atoms with van der Waals surface area (Å²) in [6.45, 7) is 9.25. The first kappa shape index (κ1) is 21.4. The number of aromatic nitrogens is 3. The molecule has 1 aromatic carbocycles. The second-order valence-corrected chi connectivity index (χ2v) is 7.96. The van der Waals surface area contributed by atoms with Crippen LogP contribution in [-0.2, 0) is 24.2 Å². The van der Waals surface area contributed by atoms with Crippen LogP contribution in [-0.4, -0.2) is 46.2 Å². The Hall–Kier alpha value is -2.83. The van der Waals surface area contributed by atoms with Gasteiger partial charge in [0.2, 0.25) is 0 Å². The van der Waals surface area contributed by atoms with E-state index < -0.39 is 0 Å². The van der Waals surface area contributed by atoms with Gasteiger partial charge in [-0.1, -0.05) is 35.9 Å². The first-order valence-electron chi connectivity index (χ1n) is 11.1. The van der Waals surface area contributed by atoms with Gasteiger partial charge < -0.3 is 10.1 Å². The molecule has 1 N–H and O–H groups in total. The summed E-state index contributed by atoms with van der Waals surface area (Å²) in [6.07, 6.45) is 3.65. The molecule has 0 saturated heterocycles. The molecule has 6 nitrogen and oxygen atoms in total. The summed E-state index contributed by atoms with van der Waals surface area (Å²) in [5, 5.41) is 3.55. The average Bonchev–Trinajstić information content (AvgIpc) is 2.81. The second kappa shape index (κ2) is 10.5. The van der Waals surface area contributed by atoms with E-state index in [2.05, 4.69) is 46.4 Å². The van der Waals surface area contributed by atoms with Crippen molar-refractivity contribution in [2.45, 2.75) is 39.8 Å². The Labute approximate surface area is 184 Å². The van der Waals surface area contributed by atoms with Gasteiger partial charge in [-0.25, -0.2) is 9.97 Å². The Balaban J connectivity index is 1.55. The van der Waals surface area contributed by atoms with E-state index in [9.17, 15) is 0 Å². The fraction of sp³-hybridized carbons (Fsp3) is 0.400. The number of pyridine rings is 1. The van der Waals surface area contributed by atoms with Crippen LogP contribution in [0.3, 0.4) is 0 Å². The van der Waals surface area contributed by atoms with E-state index in [1.807, 2.05) is 25.1 Å². The molecule has 0 atom stereocenters. The van der Waals surface area contributed by atoms with Crippen molar-refractivity contribution in [2.75, 3.05) is 31.6 Å². The molecule has 4 rings (SSSR count). The molecule has 3 aromatic rings. The maximum Gasteiger partial charge on any atom is 0.180 e. The summed E-state index contributed by atoms with van der Waals surface area (Å²) in [6, 6.07) is 14.7. The van der Waals surface area contributed by atoms with E-state index in [0.29, 0.717) is 5.82 Å². The van der Waals surface area contributed by atoms with E-state index in [1.54, 1.807) is 6.20 Å². The SMILES string of the molecule is CCOCCCNc1nc(-c2ccccn2)nc2c1CN(Cc1ccc(C)cc1)CC2. The fourth-order valence-corrected chi connectivity index (χ4v) is 3.84. The minimum Gasteiger partial charge on any atom is -0.382 e. The third kappa shape index (κ3) is 5.66. The molecule has 0 amide bonds. The van der Waals surface area contributed by atoms with Gasteiger partial charge >= 0.3 is 0 Å². The van der Waals surface area contributed by atoms with Gasteiger partial charge in [0, 0.05) is 57.6 Å². The van der Waals surface area contributed by atoms with Crippen molar-refractivity contribution in [1.82, 2.24) is 19.9 Å². The molecule has 1 aliphatic heterocycles. The molecule has 0 spiro atoms. The zero-order valence-corrected chi connectivity index (χ0v) is 18.5. The van der Waals surface area contributed by atoms with Crippen LogP contribution in [0.1, 0.15) is 35.7 Å². The summed E-state index contributed by atoms with van der Waals surface area (Å²) >= 11 is 0. The summed E-state index contributed by atoms with van der Waals surface area (Å²) in [4.78, 5) is 16.7. The smallest absolute Gasteiger partial charge is 0.180 e. The normalized spacial score (nSPS) is 13.7. The van der Waals surface area contributed by atoms with E-state index >= 15 is 0 Å². The highest BCUT2D eigenvalue weighted by molar-refractivity contribution is 5.57. The largest absolute Gasteiger partial charge is 0.382 e. The molecule has 0 saturated carbocycles. The van der Waals surface area contributed by atoms with Crippen LogP contribution < -0.4 is 5.32 Å². The summed E-state index contributed by atoms with van der Waals surface area (Å²) < 4.78 is 5.48. The zero-order chi connectivity index (χ0) is 21.5. The van der Waals surface area contributed by atoms with Crippen molar-refractivity contribution in [3.05, 3.63) is 71.0 Å². The van der Waals surface area contributed by atoms with Crippen molar-refractivity contribution >= 4 is 5.82 Å². The number of anilines is 1. The molecular formula is C25H31N5O. The first-order chi connectivity index (χ1) is 15.2. The maximum absolute atomic E-state index is 5.48. The van der Waals surface area contributed by atoms with Gasteiger partial charge in [-0.3, -0.25) is 9.88 Å². The van der Waals surface area contributed by atoms with Gasteiger partial charge in [0.15, 0.2) is 5.82 Å². The predicted molar refractivity (Wildman–Crippen MR) is 124 cm³/mol. The maximum atomic E-state index is 5.48. The lowest BCUT2D eigenvalue weighted by Crippen LogP contribution is -2.32. The molecule has 0 fully saturated rings. The molecule has 0 bridgehead atoms. The third-order valence-corrected chi connectivity index (χ3v) is 5.52. The third-order valence-electron chi connectivity index (χ3n) is 5.52. The summed E-state index contributed by atoms with van der Waals surface area (Å²) in [5.74, 6) is 1.62. The van der Waals surface area contributed by atoms with Crippen LogP contribution in [0.4, 0.5) is 5.82 Å². The molecule has 6 heteroatoms. The van der Waals surface area contributed by atoms with Gasteiger partial charge in [0.25, 0.3) is 0 Å². The quantitative estimate of drug-likeness (QED) is 0.525. The van der Waals surface area contributed by atoms with Crippen LogP contribution in [0, 0.1) is 6.92 Å². The molecule has 0 unspecified atom stereocenters. The molecule has 3 heterocycles. The lowest BCUT2D eigenvalue weighted by molar-refractivity contribution is 0.147. The van der Waals surface area contributed by atoms with Crippen molar-refractivity contribution in [1.29, 1.82) is 0 Å². The number of rotatable bonds is 9. The number of ether oxygens (including phenoxy) is 1. The van der Waals surface area contributed by atoms with Crippen LogP contribution in [0.2, 0.25) is 0 Å². The molecule has 2 aromatic heterocycles. The minimum atomic E-state index is 0.693. The Morgan fingerprint density at radius 3 is 2.74 bits per heavy atom. The molecule has 0 aliphatic carbocycles. The standard InChI is InChI=1S/C25H31N5O/c1-3-31-16-6-14-27-24-21-18-30(17-20-10-8-19(2)9-11-20)15-12-22(21)28-25(29-24)23-7-4-5-13-26-23/h4-5,7-11,13H,3,6,12,14-18H2,1-2H3,(H,27,28,29).